The number of aliphatic hydroxyl groups is 2. The topological polar surface area (TPSA) is 90.7 Å². The molecule has 1 aliphatic heterocycles. The smallest absolute Gasteiger partial charge is 0.141 e. The van der Waals surface area contributed by atoms with Crippen molar-refractivity contribution >= 4 is 18.3 Å². The first-order valence-electron chi connectivity index (χ1n) is 12.4. The lowest BCUT2D eigenvalue weighted by molar-refractivity contribution is -0.107. The standard InChI is InChI=1S/C24H23FN2O.C4H10O.C2H4O.CH4O/c1-14-5-7-17(8-6-14)21-16(3)22-23-18(11-19(25)12-26-23)13-27(4)24(22)15(2)20(21)9-10-28;1-4(2,3)5;1-2-3;1-2/h5-8,10-12H,9,13H2,1-4H3;5H,1-3H3;2H,1H3;2H,1H3. The molecule has 0 fully saturated rings. The molecule has 0 radical (unpaired) electrons. The maximum Gasteiger partial charge on any atom is 0.141 e. The molecule has 0 amide bonds. The highest BCUT2D eigenvalue weighted by molar-refractivity contribution is 5.94. The monoisotopic (exact) mass is 524 g/mol. The lowest BCUT2D eigenvalue weighted by Crippen LogP contribution is -2.25. The average Bonchev–Trinajstić information content (AvgIpc) is 2.83. The van der Waals surface area contributed by atoms with Crippen molar-refractivity contribution in [2.45, 2.75) is 67.0 Å². The SMILES string of the molecule is CC(C)(C)O.CC=O.CO.Cc1ccc(-c2c(C)c3c(c(C)c2CC=O)N(C)Cc2cc(F)cnc2-3)cc1. The third-order valence-corrected chi connectivity index (χ3v) is 5.68. The van der Waals surface area contributed by atoms with Gasteiger partial charge in [0.2, 0.25) is 0 Å². The van der Waals surface area contributed by atoms with E-state index >= 15 is 0 Å². The number of hydrogen-bond donors (Lipinski definition) is 2. The first-order chi connectivity index (χ1) is 17.8. The molecule has 6 nitrogen and oxygen atoms in total. The van der Waals surface area contributed by atoms with E-state index in [9.17, 15) is 9.18 Å². The molecule has 1 aromatic heterocycles. The van der Waals surface area contributed by atoms with Gasteiger partial charge in [-0.1, -0.05) is 29.8 Å². The highest BCUT2D eigenvalue weighted by Gasteiger charge is 2.29. The van der Waals surface area contributed by atoms with Crippen LogP contribution in [0.1, 0.15) is 55.5 Å². The van der Waals surface area contributed by atoms with Gasteiger partial charge in [0.15, 0.2) is 0 Å². The van der Waals surface area contributed by atoms with E-state index in [4.69, 9.17) is 15.0 Å². The molecule has 4 rings (SSSR count). The van der Waals surface area contributed by atoms with Crippen molar-refractivity contribution in [3.63, 3.8) is 0 Å². The number of aryl methyl sites for hydroxylation is 1. The number of benzene rings is 2. The Labute approximate surface area is 226 Å². The number of rotatable bonds is 3. The number of aldehydes is 2. The van der Waals surface area contributed by atoms with E-state index in [0.717, 1.165) is 70.0 Å². The van der Waals surface area contributed by atoms with E-state index < -0.39 is 5.60 Å². The van der Waals surface area contributed by atoms with Crippen molar-refractivity contribution in [2.24, 2.45) is 0 Å². The summed E-state index contributed by atoms with van der Waals surface area (Å²) >= 11 is 0. The van der Waals surface area contributed by atoms with Gasteiger partial charge in [0.05, 0.1) is 17.5 Å². The van der Waals surface area contributed by atoms with Crippen molar-refractivity contribution in [1.82, 2.24) is 4.98 Å². The summed E-state index contributed by atoms with van der Waals surface area (Å²) in [6.45, 7) is 13.5. The lowest BCUT2D eigenvalue weighted by atomic mass is 9.82. The summed E-state index contributed by atoms with van der Waals surface area (Å²) in [6.07, 6.45) is 3.37. The van der Waals surface area contributed by atoms with Crippen molar-refractivity contribution in [3.8, 4) is 22.4 Å². The Balaban J connectivity index is 0.000000628. The van der Waals surface area contributed by atoms with Gasteiger partial charge >= 0.3 is 0 Å². The molecule has 2 aromatic carbocycles. The fourth-order valence-electron chi connectivity index (χ4n) is 4.42. The molecule has 206 valence electrons. The fourth-order valence-corrected chi connectivity index (χ4v) is 4.42. The Morgan fingerprint density at radius 2 is 1.55 bits per heavy atom. The van der Waals surface area contributed by atoms with E-state index in [1.54, 1.807) is 26.8 Å². The predicted octanol–water partition coefficient (Wildman–Crippen LogP) is 5.76. The first-order valence-corrected chi connectivity index (χ1v) is 12.4. The van der Waals surface area contributed by atoms with Gasteiger partial charge in [-0.2, -0.15) is 0 Å². The molecule has 3 aromatic rings. The summed E-state index contributed by atoms with van der Waals surface area (Å²) in [6, 6.07) is 9.94. The second-order valence-electron chi connectivity index (χ2n) is 9.99. The molecule has 2 heterocycles. The van der Waals surface area contributed by atoms with Crippen LogP contribution in [-0.2, 0) is 22.6 Å². The summed E-state index contributed by atoms with van der Waals surface area (Å²) in [7, 11) is 3.01. The summed E-state index contributed by atoms with van der Waals surface area (Å²) in [5, 5.41) is 15.5. The van der Waals surface area contributed by atoms with Gasteiger partial charge in [-0.3, -0.25) is 4.98 Å². The van der Waals surface area contributed by atoms with Gasteiger partial charge in [-0.05, 0) is 82.3 Å². The van der Waals surface area contributed by atoms with Crippen LogP contribution in [0.15, 0.2) is 36.5 Å². The van der Waals surface area contributed by atoms with Crippen LogP contribution in [0.4, 0.5) is 10.1 Å². The van der Waals surface area contributed by atoms with Crippen LogP contribution in [0.5, 0.6) is 0 Å². The van der Waals surface area contributed by atoms with Gasteiger partial charge in [0.1, 0.15) is 18.4 Å². The third-order valence-electron chi connectivity index (χ3n) is 5.68. The molecule has 2 N–H and O–H groups in total. The fraction of sp³-hybridized carbons (Fsp3) is 0.387. The number of halogens is 1. The highest BCUT2D eigenvalue weighted by atomic mass is 19.1. The molecule has 0 aliphatic carbocycles. The van der Waals surface area contributed by atoms with Crippen LogP contribution in [0.3, 0.4) is 0 Å². The minimum absolute atomic E-state index is 0.318. The minimum Gasteiger partial charge on any atom is -0.400 e. The van der Waals surface area contributed by atoms with Gasteiger partial charge in [0, 0.05) is 43.9 Å². The van der Waals surface area contributed by atoms with E-state index in [2.05, 4.69) is 54.9 Å². The van der Waals surface area contributed by atoms with Crippen LogP contribution >= 0.6 is 0 Å². The van der Waals surface area contributed by atoms with Crippen molar-refractivity contribution in [1.29, 1.82) is 0 Å². The zero-order chi connectivity index (χ0) is 29.2. The van der Waals surface area contributed by atoms with Crippen LogP contribution in [0, 0.1) is 26.6 Å². The Hall–Kier alpha value is -3.42. The quantitative estimate of drug-likeness (QED) is 0.423. The number of aromatic nitrogens is 1. The van der Waals surface area contributed by atoms with Gasteiger partial charge in [-0.15, -0.1) is 0 Å². The Morgan fingerprint density at radius 3 is 2.05 bits per heavy atom. The number of pyridine rings is 1. The van der Waals surface area contributed by atoms with E-state index in [1.807, 2.05) is 7.05 Å². The van der Waals surface area contributed by atoms with Crippen molar-refractivity contribution < 1.29 is 24.2 Å². The number of aliphatic hydroxyl groups excluding tert-OH is 1. The molecule has 1 aliphatic rings. The van der Waals surface area contributed by atoms with Gasteiger partial charge in [0.25, 0.3) is 0 Å². The number of carbonyl (C=O) groups is 2. The molecular weight excluding hydrogens is 483 g/mol. The number of hydrogen-bond acceptors (Lipinski definition) is 6. The zero-order valence-corrected chi connectivity index (χ0v) is 24.0. The van der Waals surface area contributed by atoms with Crippen LogP contribution in [-0.4, -0.2) is 47.5 Å². The van der Waals surface area contributed by atoms with Gasteiger partial charge in [-0.25, -0.2) is 4.39 Å². The molecule has 0 unspecified atom stereocenters. The molecule has 38 heavy (non-hydrogen) atoms. The molecule has 0 saturated heterocycles. The van der Waals surface area contributed by atoms with E-state index in [0.29, 0.717) is 13.0 Å². The average molecular weight is 525 g/mol. The predicted molar refractivity (Wildman–Crippen MR) is 153 cm³/mol. The lowest BCUT2D eigenvalue weighted by Gasteiger charge is -2.34. The number of nitrogens with zero attached hydrogens (tertiary/aromatic N) is 2. The van der Waals surface area contributed by atoms with E-state index in [1.165, 1.54) is 18.7 Å². The zero-order valence-electron chi connectivity index (χ0n) is 24.0. The molecule has 7 heteroatoms. The molecule has 0 bridgehead atoms. The molecule has 0 spiro atoms. The van der Waals surface area contributed by atoms with Crippen molar-refractivity contribution in [2.75, 3.05) is 19.1 Å². The first kappa shape index (κ1) is 32.6. The normalized spacial score (nSPS) is 11.3. The maximum atomic E-state index is 13.8. The Morgan fingerprint density at radius 1 is 1.03 bits per heavy atom. The Kier molecular flexibility index (Phi) is 12.4. The number of anilines is 1. The highest BCUT2D eigenvalue weighted by Crippen LogP contribution is 2.47. The minimum atomic E-state index is -0.500. The largest absolute Gasteiger partial charge is 0.400 e. The summed E-state index contributed by atoms with van der Waals surface area (Å²) in [5.41, 5.74) is 9.90. The third kappa shape index (κ3) is 8.30. The molecule has 0 saturated carbocycles. The second-order valence-corrected chi connectivity index (χ2v) is 9.99. The molecule has 0 atom stereocenters. The van der Waals surface area contributed by atoms with Crippen LogP contribution in [0.25, 0.3) is 22.4 Å². The van der Waals surface area contributed by atoms with E-state index in [-0.39, 0.29) is 5.82 Å². The molecular formula is C31H41FN2O4. The summed E-state index contributed by atoms with van der Waals surface area (Å²) in [5.74, 6) is -0.318. The Bertz CT molecular complexity index is 1230. The summed E-state index contributed by atoms with van der Waals surface area (Å²) < 4.78 is 13.8. The maximum absolute atomic E-state index is 13.8. The number of carbonyl (C=O) groups excluding carboxylic acids is 2. The van der Waals surface area contributed by atoms with Crippen LogP contribution in [0.2, 0.25) is 0 Å². The van der Waals surface area contributed by atoms with Crippen LogP contribution < -0.4 is 4.90 Å². The number of fused-ring (bicyclic) bond motifs is 3. The van der Waals surface area contributed by atoms with Gasteiger partial charge < -0.3 is 24.7 Å². The summed E-state index contributed by atoms with van der Waals surface area (Å²) in [4.78, 5) is 26.9. The second kappa shape index (κ2) is 14.5. The van der Waals surface area contributed by atoms with Crippen molar-refractivity contribution in [3.05, 3.63) is 70.2 Å².